The van der Waals surface area contributed by atoms with Gasteiger partial charge in [0.25, 0.3) is 0 Å². The molecule has 1 atom stereocenters. The number of fused-ring (bicyclic) bond motifs is 1. The van der Waals surface area contributed by atoms with Crippen LogP contribution in [-0.2, 0) is 11.2 Å². The van der Waals surface area contributed by atoms with Gasteiger partial charge in [0.1, 0.15) is 11.4 Å². The summed E-state index contributed by atoms with van der Waals surface area (Å²) in [6.45, 7) is 0.378. The number of ether oxygens (including phenoxy) is 1. The highest BCUT2D eigenvalue weighted by Crippen LogP contribution is 2.24. The van der Waals surface area contributed by atoms with Crippen LogP contribution >= 0.6 is 11.6 Å². The Kier molecular flexibility index (Phi) is 5.84. The number of nitriles is 1. The summed E-state index contributed by atoms with van der Waals surface area (Å²) in [5.74, 6) is -0.821. The minimum absolute atomic E-state index is 0.0585. The number of halogens is 1. The molecule has 0 bridgehead atoms. The largest absolute Gasteiger partial charge is 0.497 e. The Morgan fingerprint density at radius 2 is 1.96 bits per heavy atom. The van der Waals surface area contributed by atoms with Gasteiger partial charge in [0, 0.05) is 6.54 Å². The highest BCUT2D eigenvalue weighted by atomic mass is 35.5. The maximum absolute atomic E-state index is 12.5. The van der Waals surface area contributed by atoms with Crippen LogP contribution in [0.5, 0.6) is 5.75 Å². The molecule has 1 aromatic heterocycles. The molecule has 0 aliphatic heterocycles. The number of aromatic nitrogens is 2. The van der Waals surface area contributed by atoms with E-state index in [1.54, 1.807) is 19.2 Å². The van der Waals surface area contributed by atoms with Crippen molar-refractivity contribution in [1.82, 2.24) is 15.3 Å². The number of para-hydroxylation sites is 2. The smallest absolute Gasteiger partial charge is 0.243 e. The van der Waals surface area contributed by atoms with E-state index in [1.807, 2.05) is 42.5 Å². The van der Waals surface area contributed by atoms with Crippen molar-refractivity contribution in [3.63, 3.8) is 0 Å². The van der Waals surface area contributed by atoms with Crippen LogP contribution < -0.4 is 10.1 Å². The van der Waals surface area contributed by atoms with Crippen LogP contribution in [0, 0.1) is 11.3 Å². The maximum Gasteiger partial charge on any atom is 0.243 e. The van der Waals surface area contributed by atoms with Gasteiger partial charge in [0.15, 0.2) is 11.1 Å². The lowest BCUT2D eigenvalue weighted by molar-refractivity contribution is -0.121. The van der Waals surface area contributed by atoms with Crippen molar-refractivity contribution in [3.8, 4) is 11.8 Å². The number of carbonyl (C=O) groups excluding carboxylic acids is 1. The molecule has 6 nitrogen and oxygen atoms in total. The molecule has 27 heavy (non-hydrogen) atoms. The minimum Gasteiger partial charge on any atom is -0.497 e. The van der Waals surface area contributed by atoms with Crippen molar-refractivity contribution in [2.24, 2.45) is 0 Å². The molecule has 0 radical (unpaired) electrons. The molecule has 136 valence electrons. The molecular formula is C20H17ClN4O2. The summed E-state index contributed by atoms with van der Waals surface area (Å²) < 4.78 is 5.18. The highest BCUT2D eigenvalue weighted by Gasteiger charge is 2.25. The van der Waals surface area contributed by atoms with E-state index in [0.717, 1.165) is 11.3 Å². The SMILES string of the molecule is COc1cccc(CCNC(=O)C(C#N)c2nc3ccccc3nc2Cl)c1. The second-order valence-corrected chi connectivity index (χ2v) is 6.20. The Morgan fingerprint density at radius 1 is 1.22 bits per heavy atom. The average molecular weight is 381 g/mol. The quantitative estimate of drug-likeness (QED) is 0.709. The third-order valence-electron chi connectivity index (χ3n) is 4.06. The topological polar surface area (TPSA) is 87.9 Å². The molecule has 7 heteroatoms. The zero-order chi connectivity index (χ0) is 19.2. The summed E-state index contributed by atoms with van der Waals surface area (Å²) in [7, 11) is 1.60. The van der Waals surface area contributed by atoms with E-state index in [2.05, 4.69) is 15.3 Å². The van der Waals surface area contributed by atoms with Crippen molar-refractivity contribution < 1.29 is 9.53 Å². The average Bonchev–Trinajstić information content (AvgIpc) is 2.69. The second kappa shape index (κ2) is 8.47. The molecule has 0 fully saturated rings. The van der Waals surface area contributed by atoms with E-state index in [-0.39, 0.29) is 10.8 Å². The molecule has 0 aliphatic rings. The summed E-state index contributed by atoms with van der Waals surface area (Å²) in [6, 6.07) is 16.7. The van der Waals surface area contributed by atoms with Gasteiger partial charge in [-0.2, -0.15) is 5.26 Å². The van der Waals surface area contributed by atoms with Crippen molar-refractivity contribution in [3.05, 3.63) is 64.9 Å². The Morgan fingerprint density at radius 3 is 2.67 bits per heavy atom. The molecule has 1 N–H and O–H groups in total. The van der Waals surface area contributed by atoms with Crippen LogP contribution in [0.1, 0.15) is 17.2 Å². The summed E-state index contributed by atoms with van der Waals surface area (Å²) in [6.07, 6.45) is 0.609. The molecule has 1 amide bonds. The summed E-state index contributed by atoms with van der Waals surface area (Å²) in [4.78, 5) is 21.1. The van der Waals surface area contributed by atoms with E-state index in [4.69, 9.17) is 16.3 Å². The van der Waals surface area contributed by atoms with Crippen LogP contribution in [0.2, 0.25) is 5.15 Å². The van der Waals surface area contributed by atoms with Gasteiger partial charge in [-0.15, -0.1) is 0 Å². The summed E-state index contributed by atoms with van der Waals surface area (Å²) in [5.41, 5.74) is 2.38. The minimum atomic E-state index is -1.13. The number of amides is 1. The van der Waals surface area contributed by atoms with Gasteiger partial charge in [-0.1, -0.05) is 35.9 Å². The first kappa shape index (κ1) is 18.6. The van der Waals surface area contributed by atoms with E-state index < -0.39 is 11.8 Å². The second-order valence-electron chi connectivity index (χ2n) is 5.84. The molecule has 0 saturated carbocycles. The van der Waals surface area contributed by atoms with E-state index >= 15 is 0 Å². The molecule has 0 spiro atoms. The van der Waals surface area contributed by atoms with Gasteiger partial charge in [0.2, 0.25) is 5.91 Å². The molecule has 2 aromatic carbocycles. The van der Waals surface area contributed by atoms with E-state index in [1.165, 1.54) is 0 Å². The van der Waals surface area contributed by atoms with Crippen molar-refractivity contribution in [2.45, 2.75) is 12.3 Å². The van der Waals surface area contributed by atoms with Crippen LogP contribution in [0.4, 0.5) is 0 Å². The first-order chi connectivity index (χ1) is 13.1. The van der Waals surface area contributed by atoms with Gasteiger partial charge in [-0.05, 0) is 36.2 Å². The van der Waals surface area contributed by atoms with Gasteiger partial charge in [-0.3, -0.25) is 4.79 Å². The monoisotopic (exact) mass is 380 g/mol. The molecule has 3 rings (SSSR count). The Hall–Kier alpha value is -3.17. The van der Waals surface area contributed by atoms with Crippen LogP contribution in [0.15, 0.2) is 48.5 Å². The normalized spacial score (nSPS) is 11.6. The van der Waals surface area contributed by atoms with Gasteiger partial charge >= 0.3 is 0 Å². The number of nitrogens with zero attached hydrogens (tertiary/aromatic N) is 3. The standard InChI is InChI=1S/C20H17ClN4O2/c1-27-14-6-4-5-13(11-14)9-10-23-20(26)15(12-22)18-19(21)25-17-8-3-2-7-16(17)24-18/h2-8,11,15H,9-10H2,1H3,(H,23,26). The number of carbonyl (C=O) groups is 1. The van der Waals surface area contributed by atoms with E-state index in [9.17, 15) is 10.1 Å². The van der Waals surface area contributed by atoms with Crippen molar-refractivity contribution >= 4 is 28.5 Å². The number of nitrogens with one attached hydrogen (secondary N) is 1. The van der Waals surface area contributed by atoms with Gasteiger partial charge in [-0.25, -0.2) is 9.97 Å². The predicted octanol–water partition coefficient (Wildman–Crippen LogP) is 3.26. The molecular weight excluding hydrogens is 364 g/mol. The first-order valence-corrected chi connectivity index (χ1v) is 8.72. The van der Waals surface area contributed by atoms with Crippen LogP contribution in [0.3, 0.4) is 0 Å². The maximum atomic E-state index is 12.5. The van der Waals surface area contributed by atoms with Gasteiger partial charge < -0.3 is 10.1 Å². The predicted molar refractivity (Wildman–Crippen MR) is 103 cm³/mol. The third-order valence-corrected chi connectivity index (χ3v) is 4.34. The summed E-state index contributed by atoms with van der Waals surface area (Å²) in [5, 5.41) is 12.3. The van der Waals surface area contributed by atoms with Gasteiger partial charge in [0.05, 0.1) is 24.2 Å². The fraction of sp³-hybridized carbons (Fsp3) is 0.200. The number of hydrogen-bond acceptors (Lipinski definition) is 5. The number of methoxy groups -OCH3 is 1. The first-order valence-electron chi connectivity index (χ1n) is 8.35. The Balaban J connectivity index is 1.71. The molecule has 1 unspecified atom stereocenters. The molecule has 0 saturated heterocycles. The Labute approximate surface area is 161 Å². The lowest BCUT2D eigenvalue weighted by atomic mass is 10.1. The lowest BCUT2D eigenvalue weighted by Gasteiger charge is -2.12. The van der Waals surface area contributed by atoms with Crippen LogP contribution in [-0.4, -0.2) is 29.5 Å². The highest BCUT2D eigenvalue weighted by molar-refractivity contribution is 6.30. The zero-order valence-electron chi connectivity index (χ0n) is 14.6. The molecule has 0 aliphatic carbocycles. The third kappa shape index (κ3) is 4.33. The van der Waals surface area contributed by atoms with Crippen molar-refractivity contribution in [2.75, 3.05) is 13.7 Å². The zero-order valence-corrected chi connectivity index (χ0v) is 15.4. The summed E-state index contributed by atoms with van der Waals surface area (Å²) >= 11 is 6.17. The van der Waals surface area contributed by atoms with Crippen LogP contribution in [0.25, 0.3) is 11.0 Å². The number of rotatable bonds is 6. The number of hydrogen-bond donors (Lipinski definition) is 1. The fourth-order valence-corrected chi connectivity index (χ4v) is 2.92. The number of benzene rings is 2. The molecule has 1 heterocycles. The van der Waals surface area contributed by atoms with E-state index in [0.29, 0.717) is 24.0 Å². The lowest BCUT2D eigenvalue weighted by Crippen LogP contribution is -2.31. The molecule has 3 aromatic rings. The Bertz CT molecular complexity index is 1020. The van der Waals surface area contributed by atoms with Crippen molar-refractivity contribution in [1.29, 1.82) is 5.26 Å². The fourth-order valence-electron chi connectivity index (χ4n) is 2.68.